The molecule has 18 heavy (non-hydrogen) atoms. The van der Waals surface area contributed by atoms with E-state index < -0.39 is 0 Å². The molecule has 94 valence electrons. The summed E-state index contributed by atoms with van der Waals surface area (Å²) in [5.74, 6) is 0.984. The lowest BCUT2D eigenvalue weighted by Crippen LogP contribution is -2.22. The van der Waals surface area contributed by atoms with Crippen LogP contribution in [-0.2, 0) is 6.42 Å². The molecule has 3 rings (SSSR count). The fraction of sp³-hybridized carbons (Fsp3) is 0.375. The smallest absolute Gasteiger partial charge is 0.122 e. The molecule has 1 aliphatic carbocycles. The van der Waals surface area contributed by atoms with Crippen LogP contribution in [0.4, 0.5) is 0 Å². The first-order chi connectivity index (χ1) is 8.72. The highest BCUT2D eigenvalue weighted by atomic mass is 16.5. The van der Waals surface area contributed by atoms with Crippen molar-refractivity contribution in [3.8, 4) is 5.75 Å². The van der Waals surface area contributed by atoms with E-state index in [9.17, 15) is 0 Å². The highest BCUT2D eigenvalue weighted by Crippen LogP contribution is 2.38. The molecule has 0 amide bonds. The average molecular weight is 241 g/mol. The summed E-state index contributed by atoms with van der Waals surface area (Å²) in [5, 5.41) is 2.57. The van der Waals surface area contributed by atoms with E-state index in [1.807, 2.05) is 0 Å². The van der Waals surface area contributed by atoms with Gasteiger partial charge in [-0.3, -0.25) is 0 Å². The topological polar surface area (TPSA) is 35.2 Å². The molecule has 0 aliphatic heterocycles. The maximum atomic E-state index is 6.19. The number of rotatable bonds is 4. The SMILES string of the molecule is COc1ccc2ccccc2c1CCC1(N)CC1. The first kappa shape index (κ1) is 11.5. The molecule has 2 heteroatoms. The number of aryl methyl sites for hydroxylation is 1. The van der Waals surface area contributed by atoms with Crippen LogP contribution < -0.4 is 10.5 Å². The Hall–Kier alpha value is -1.54. The summed E-state index contributed by atoms with van der Waals surface area (Å²) in [4.78, 5) is 0. The van der Waals surface area contributed by atoms with Crippen molar-refractivity contribution in [3.05, 3.63) is 42.0 Å². The molecular formula is C16H19NO. The van der Waals surface area contributed by atoms with Gasteiger partial charge >= 0.3 is 0 Å². The molecule has 0 aromatic heterocycles. The second-order valence-electron chi connectivity index (χ2n) is 5.33. The number of nitrogens with two attached hydrogens (primary N) is 1. The molecule has 2 N–H and O–H groups in total. The Labute approximate surface area is 108 Å². The van der Waals surface area contributed by atoms with Gasteiger partial charge in [0.1, 0.15) is 5.75 Å². The van der Waals surface area contributed by atoms with Crippen LogP contribution in [0.3, 0.4) is 0 Å². The maximum Gasteiger partial charge on any atom is 0.122 e. The van der Waals surface area contributed by atoms with Crippen molar-refractivity contribution < 1.29 is 4.74 Å². The van der Waals surface area contributed by atoms with Crippen molar-refractivity contribution in [2.45, 2.75) is 31.2 Å². The molecule has 0 saturated heterocycles. The maximum absolute atomic E-state index is 6.19. The number of hydrogen-bond donors (Lipinski definition) is 1. The van der Waals surface area contributed by atoms with Crippen LogP contribution >= 0.6 is 0 Å². The van der Waals surface area contributed by atoms with E-state index in [0.29, 0.717) is 0 Å². The van der Waals surface area contributed by atoms with Gasteiger partial charge in [-0.25, -0.2) is 0 Å². The third kappa shape index (κ3) is 2.08. The molecule has 0 atom stereocenters. The van der Waals surface area contributed by atoms with E-state index >= 15 is 0 Å². The summed E-state index contributed by atoms with van der Waals surface area (Å²) < 4.78 is 5.50. The lowest BCUT2D eigenvalue weighted by atomic mass is 9.97. The molecule has 0 spiro atoms. The molecule has 2 aromatic rings. The molecule has 1 saturated carbocycles. The summed E-state index contributed by atoms with van der Waals surface area (Å²) in [7, 11) is 1.74. The molecular weight excluding hydrogens is 222 g/mol. The molecule has 2 aromatic carbocycles. The van der Waals surface area contributed by atoms with Crippen molar-refractivity contribution in [2.75, 3.05) is 7.11 Å². The molecule has 0 radical (unpaired) electrons. The quantitative estimate of drug-likeness (QED) is 0.891. The van der Waals surface area contributed by atoms with Crippen LogP contribution in [0.15, 0.2) is 36.4 Å². The van der Waals surface area contributed by atoms with E-state index in [1.165, 1.54) is 29.2 Å². The van der Waals surface area contributed by atoms with Crippen molar-refractivity contribution in [1.29, 1.82) is 0 Å². The highest BCUT2D eigenvalue weighted by Gasteiger charge is 2.37. The Morgan fingerprint density at radius 2 is 1.94 bits per heavy atom. The molecule has 2 nitrogen and oxygen atoms in total. The first-order valence-electron chi connectivity index (χ1n) is 6.55. The average Bonchev–Trinajstić information content (AvgIpc) is 3.14. The Bertz CT molecular complexity index is 572. The van der Waals surface area contributed by atoms with Crippen LogP contribution in [0, 0.1) is 0 Å². The summed E-state index contributed by atoms with van der Waals surface area (Å²) in [6.07, 6.45) is 4.39. The molecule has 1 fully saturated rings. The third-order valence-corrected chi connectivity index (χ3v) is 3.98. The van der Waals surface area contributed by atoms with Crippen molar-refractivity contribution in [3.63, 3.8) is 0 Å². The molecule has 0 unspecified atom stereocenters. The predicted molar refractivity (Wildman–Crippen MR) is 75.0 cm³/mol. The number of benzene rings is 2. The number of ether oxygens (including phenoxy) is 1. The lowest BCUT2D eigenvalue weighted by molar-refractivity contribution is 0.409. The van der Waals surface area contributed by atoms with Gasteiger partial charge < -0.3 is 10.5 Å². The van der Waals surface area contributed by atoms with E-state index in [2.05, 4.69) is 36.4 Å². The second-order valence-corrected chi connectivity index (χ2v) is 5.33. The molecule has 1 aliphatic rings. The zero-order valence-corrected chi connectivity index (χ0v) is 10.8. The summed E-state index contributed by atoms with van der Waals surface area (Å²) in [6.45, 7) is 0. The number of hydrogen-bond acceptors (Lipinski definition) is 2. The normalized spacial score (nSPS) is 16.8. The Balaban J connectivity index is 2.00. The first-order valence-corrected chi connectivity index (χ1v) is 6.55. The molecule has 0 heterocycles. The van der Waals surface area contributed by atoms with Crippen LogP contribution in [0.2, 0.25) is 0 Å². The summed E-state index contributed by atoms with van der Waals surface area (Å²) in [5.41, 5.74) is 7.59. The minimum Gasteiger partial charge on any atom is -0.496 e. The van der Waals surface area contributed by atoms with E-state index in [4.69, 9.17) is 10.5 Å². The Kier molecular flexibility index (Phi) is 2.75. The van der Waals surface area contributed by atoms with Crippen LogP contribution in [0.25, 0.3) is 10.8 Å². The Morgan fingerprint density at radius 1 is 1.17 bits per heavy atom. The third-order valence-electron chi connectivity index (χ3n) is 3.98. The van der Waals surface area contributed by atoms with Gasteiger partial charge in [-0.05, 0) is 42.5 Å². The van der Waals surface area contributed by atoms with Crippen LogP contribution in [-0.4, -0.2) is 12.6 Å². The van der Waals surface area contributed by atoms with Gasteiger partial charge in [0, 0.05) is 11.1 Å². The minimum absolute atomic E-state index is 0.0992. The van der Waals surface area contributed by atoms with Gasteiger partial charge in [0.2, 0.25) is 0 Å². The van der Waals surface area contributed by atoms with Crippen LogP contribution in [0.1, 0.15) is 24.8 Å². The molecule has 0 bridgehead atoms. The van der Waals surface area contributed by atoms with Gasteiger partial charge in [-0.15, -0.1) is 0 Å². The van der Waals surface area contributed by atoms with E-state index in [0.717, 1.165) is 18.6 Å². The minimum atomic E-state index is 0.0992. The van der Waals surface area contributed by atoms with Gasteiger partial charge in [-0.1, -0.05) is 30.3 Å². The monoisotopic (exact) mass is 241 g/mol. The predicted octanol–water partition coefficient (Wildman–Crippen LogP) is 3.27. The Morgan fingerprint density at radius 3 is 2.67 bits per heavy atom. The fourth-order valence-corrected chi connectivity index (χ4v) is 2.55. The standard InChI is InChI=1S/C16H19NO/c1-18-15-7-6-12-4-2-3-5-13(12)14(15)8-9-16(17)10-11-16/h2-7H,8-11,17H2,1H3. The summed E-state index contributed by atoms with van der Waals surface area (Å²) >= 11 is 0. The van der Waals surface area contributed by atoms with Crippen molar-refractivity contribution in [2.24, 2.45) is 5.73 Å². The van der Waals surface area contributed by atoms with Gasteiger partial charge in [0.15, 0.2) is 0 Å². The lowest BCUT2D eigenvalue weighted by Gasteiger charge is -2.14. The van der Waals surface area contributed by atoms with E-state index in [1.54, 1.807) is 7.11 Å². The van der Waals surface area contributed by atoms with Gasteiger partial charge in [0.25, 0.3) is 0 Å². The zero-order valence-electron chi connectivity index (χ0n) is 10.8. The summed E-state index contributed by atoms with van der Waals surface area (Å²) in [6, 6.07) is 12.7. The van der Waals surface area contributed by atoms with Crippen molar-refractivity contribution >= 4 is 10.8 Å². The van der Waals surface area contributed by atoms with Crippen molar-refractivity contribution in [1.82, 2.24) is 0 Å². The number of fused-ring (bicyclic) bond motifs is 1. The van der Waals surface area contributed by atoms with Crippen LogP contribution in [0.5, 0.6) is 5.75 Å². The zero-order chi connectivity index (χ0) is 12.6. The largest absolute Gasteiger partial charge is 0.496 e. The van der Waals surface area contributed by atoms with Gasteiger partial charge in [0.05, 0.1) is 7.11 Å². The fourth-order valence-electron chi connectivity index (χ4n) is 2.55. The van der Waals surface area contributed by atoms with Gasteiger partial charge in [-0.2, -0.15) is 0 Å². The van der Waals surface area contributed by atoms with E-state index in [-0.39, 0.29) is 5.54 Å². The second kappa shape index (κ2) is 4.29. The number of methoxy groups -OCH3 is 1. The highest BCUT2D eigenvalue weighted by molar-refractivity contribution is 5.87.